The van der Waals surface area contributed by atoms with Crippen molar-refractivity contribution in [1.82, 2.24) is 10.2 Å². The number of amidine groups is 1. The highest BCUT2D eigenvalue weighted by molar-refractivity contribution is 6.82. The summed E-state index contributed by atoms with van der Waals surface area (Å²) in [4.78, 5) is 33.6. The van der Waals surface area contributed by atoms with Crippen LogP contribution in [-0.2, 0) is 4.79 Å². The van der Waals surface area contributed by atoms with E-state index in [-0.39, 0.29) is 17.0 Å². The molecule has 0 bridgehead atoms. The molecule has 7 heteroatoms. The van der Waals surface area contributed by atoms with E-state index in [0.29, 0.717) is 18.9 Å². The normalized spacial score (nSPS) is 19.9. The first kappa shape index (κ1) is 24.5. The summed E-state index contributed by atoms with van der Waals surface area (Å²) in [5.41, 5.74) is 4.42. The smallest absolute Gasteiger partial charge is 0.311 e. The number of benzene rings is 2. The van der Waals surface area contributed by atoms with Crippen LogP contribution in [-0.4, -0.2) is 49.4 Å². The van der Waals surface area contributed by atoms with Crippen molar-refractivity contribution < 1.29 is 9.59 Å². The van der Waals surface area contributed by atoms with Crippen molar-refractivity contribution in [2.24, 2.45) is 4.99 Å². The molecule has 0 unspecified atom stereocenters. The summed E-state index contributed by atoms with van der Waals surface area (Å²) < 4.78 is 0. The third-order valence-electron chi connectivity index (χ3n) is 8.58. The van der Waals surface area contributed by atoms with Crippen molar-refractivity contribution in [1.29, 1.82) is 0 Å². The minimum absolute atomic E-state index is 0.123. The van der Waals surface area contributed by atoms with Crippen molar-refractivity contribution in [3.63, 3.8) is 0 Å². The summed E-state index contributed by atoms with van der Waals surface area (Å²) in [5, 5.41) is 6.14. The average Bonchev–Trinajstić information content (AvgIpc) is 3.31. The van der Waals surface area contributed by atoms with Gasteiger partial charge in [-0.1, -0.05) is 74.6 Å². The molecule has 6 nitrogen and oxygen atoms in total. The summed E-state index contributed by atoms with van der Waals surface area (Å²) in [6, 6.07) is 17.8. The van der Waals surface area contributed by atoms with Gasteiger partial charge in [0.2, 0.25) is 5.91 Å². The van der Waals surface area contributed by atoms with Crippen LogP contribution in [0.2, 0.25) is 24.7 Å². The minimum atomic E-state index is -1.69. The van der Waals surface area contributed by atoms with Crippen LogP contribution in [0.5, 0.6) is 0 Å². The Kier molecular flexibility index (Phi) is 5.94. The molecule has 3 amide bonds. The van der Waals surface area contributed by atoms with Gasteiger partial charge in [0.25, 0.3) is 0 Å². The van der Waals surface area contributed by atoms with Crippen LogP contribution in [0.4, 0.5) is 10.5 Å². The highest BCUT2D eigenvalue weighted by Crippen LogP contribution is 2.55. The topological polar surface area (TPSA) is 73.8 Å². The summed E-state index contributed by atoms with van der Waals surface area (Å²) >= 11 is 0. The second-order valence-corrected chi connectivity index (χ2v) is 17.2. The lowest BCUT2D eigenvalue weighted by Crippen LogP contribution is -2.55. The van der Waals surface area contributed by atoms with Crippen molar-refractivity contribution >= 4 is 31.5 Å². The van der Waals surface area contributed by atoms with Crippen LogP contribution in [0.25, 0.3) is 11.1 Å². The summed E-state index contributed by atoms with van der Waals surface area (Å²) in [6.45, 7) is 11.9. The minimum Gasteiger partial charge on any atom is -0.311 e. The number of rotatable bonds is 4. The lowest BCUT2D eigenvalue weighted by Gasteiger charge is -2.49. The molecule has 0 spiro atoms. The van der Waals surface area contributed by atoms with Crippen LogP contribution < -0.4 is 10.6 Å². The zero-order chi connectivity index (χ0) is 25.7. The van der Waals surface area contributed by atoms with Crippen LogP contribution in [0.15, 0.2) is 70.7 Å². The molecule has 2 N–H and O–H groups in total. The van der Waals surface area contributed by atoms with Gasteiger partial charge in [-0.2, -0.15) is 0 Å². The third kappa shape index (κ3) is 3.90. The summed E-state index contributed by atoms with van der Waals surface area (Å²) in [6.07, 6.45) is 3.05. The largest absolute Gasteiger partial charge is 0.322 e. The Morgan fingerprint density at radius 1 is 0.944 bits per heavy atom. The number of hydrogen-bond acceptors (Lipinski definition) is 3. The van der Waals surface area contributed by atoms with Gasteiger partial charge in [-0.15, -0.1) is 0 Å². The number of carbonyl (C=O) groups excluding carboxylic acids is 2. The Morgan fingerprint density at radius 3 is 2.25 bits per heavy atom. The van der Waals surface area contributed by atoms with Gasteiger partial charge >= 0.3 is 6.03 Å². The van der Waals surface area contributed by atoms with Gasteiger partial charge in [-0.05, 0) is 43.9 Å². The number of carbonyl (C=O) groups is 2. The van der Waals surface area contributed by atoms with E-state index in [0.717, 1.165) is 47.2 Å². The van der Waals surface area contributed by atoms with Gasteiger partial charge in [0.1, 0.15) is 5.84 Å². The molecule has 1 fully saturated rings. The van der Waals surface area contributed by atoms with E-state index in [1.807, 2.05) is 59.5 Å². The molecule has 2 aliphatic heterocycles. The van der Waals surface area contributed by atoms with Crippen molar-refractivity contribution in [3.8, 4) is 11.1 Å². The van der Waals surface area contributed by atoms with E-state index in [2.05, 4.69) is 44.1 Å². The summed E-state index contributed by atoms with van der Waals surface area (Å²) in [7, 11) is -1.69. The number of urea groups is 1. The molecule has 0 radical (unpaired) electrons. The fourth-order valence-corrected chi connectivity index (χ4v) is 8.50. The first-order chi connectivity index (χ1) is 17.0. The zero-order valence-corrected chi connectivity index (χ0v) is 22.9. The molecule has 0 aromatic heterocycles. The standard InChI is InChI=1S/C29H36N4O2Si/c1-28(2)23-18-30-25(32-26(34)29(16-11-17-29)36(3,4)5)22(23)19-33(28)27(35)31-24-15-10-9-14-21(24)20-12-7-6-8-13-20/h6-10,12-15H,11,16-19H2,1-5H3,(H,31,35)(H,30,32,34). The van der Waals surface area contributed by atoms with E-state index in [4.69, 9.17) is 4.99 Å². The van der Waals surface area contributed by atoms with Gasteiger partial charge in [0.05, 0.1) is 32.4 Å². The Hall–Kier alpha value is -3.19. The number of para-hydroxylation sites is 1. The van der Waals surface area contributed by atoms with Crippen LogP contribution in [0, 0.1) is 0 Å². The lowest BCUT2D eigenvalue weighted by molar-refractivity contribution is -0.125. The maximum atomic E-state index is 13.6. The van der Waals surface area contributed by atoms with E-state index < -0.39 is 13.6 Å². The molecule has 0 atom stereocenters. The molecule has 36 heavy (non-hydrogen) atoms. The quantitative estimate of drug-likeness (QED) is 0.500. The predicted octanol–water partition coefficient (Wildman–Crippen LogP) is 6.07. The molecule has 2 aromatic carbocycles. The first-order valence-corrected chi connectivity index (χ1v) is 16.4. The highest BCUT2D eigenvalue weighted by atomic mass is 28.3. The van der Waals surface area contributed by atoms with E-state index in [1.54, 1.807) is 0 Å². The van der Waals surface area contributed by atoms with Gasteiger partial charge in [-0.3, -0.25) is 9.79 Å². The SMILES string of the molecule is CC1(C)C2=C(CN1C(=O)Nc1ccccc1-c1ccccc1)C(NC(=O)C1([Si](C)(C)C)CCC1)=NC2. The zero-order valence-electron chi connectivity index (χ0n) is 21.9. The Balaban J connectivity index is 1.34. The molecular weight excluding hydrogens is 464 g/mol. The van der Waals surface area contributed by atoms with Crippen LogP contribution >= 0.6 is 0 Å². The van der Waals surface area contributed by atoms with Gasteiger partial charge < -0.3 is 15.5 Å². The molecule has 2 heterocycles. The number of hydrogen-bond donors (Lipinski definition) is 2. The number of nitrogens with zero attached hydrogens (tertiary/aromatic N) is 2. The van der Waals surface area contributed by atoms with E-state index in [9.17, 15) is 9.59 Å². The van der Waals surface area contributed by atoms with Crippen molar-refractivity contribution in [2.75, 3.05) is 18.4 Å². The predicted molar refractivity (Wildman–Crippen MR) is 149 cm³/mol. The number of nitrogens with one attached hydrogen (secondary N) is 2. The molecular formula is C29H36N4O2Si. The second-order valence-electron chi connectivity index (χ2n) is 11.7. The lowest BCUT2D eigenvalue weighted by atomic mass is 9.83. The fourth-order valence-electron chi connectivity index (χ4n) is 5.90. The van der Waals surface area contributed by atoms with Crippen LogP contribution in [0.3, 0.4) is 0 Å². The van der Waals surface area contributed by atoms with Crippen molar-refractivity contribution in [3.05, 3.63) is 65.7 Å². The molecule has 0 saturated heterocycles. The fraction of sp³-hybridized carbons (Fsp3) is 0.414. The number of aliphatic imine (C=N–C) groups is 1. The highest BCUT2D eigenvalue weighted by Gasteiger charge is 2.54. The Labute approximate surface area is 214 Å². The number of amides is 3. The average molecular weight is 501 g/mol. The Morgan fingerprint density at radius 2 is 1.61 bits per heavy atom. The molecule has 1 saturated carbocycles. The maximum absolute atomic E-state index is 13.6. The van der Waals surface area contributed by atoms with Crippen LogP contribution in [0.1, 0.15) is 33.1 Å². The first-order valence-electron chi connectivity index (χ1n) is 12.9. The molecule has 5 rings (SSSR count). The van der Waals surface area contributed by atoms with E-state index >= 15 is 0 Å². The van der Waals surface area contributed by atoms with Gasteiger partial charge in [0, 0.05) is 16.2 Å². The molecule has 2 aromatic rings. The molecule has 1 aliphatic carbocycles. The third-order valence-corrected chi connectivity index (χ3v) is 12.2. The summed E-state index contributed by atoms with van der Waals surface area (Å²) in [5.74, 6) is 0.783. The second kappa shape index (κ2) is 8.73. The molecule has 3 aliphatic rings. The Bertz CT molecular complexity index is 1270. The van der Waals surface area contributed by atoms with Gasteiger partial charge in [0.15, 0.2) is 0 Å². The molecule has 188 valence electrons. The number of anilines is 1. The maximum Gasteiger partial charge on any atom is 0.322 e. The van der Waals surface area contributed by atoms with Gasteiger partial charge in [-0.25, -0.2) is 4.79 Å². The monoisotopic (exact) mass is 500 g/mol. The van der Waals surface area contributed by atoms with Crippen molar-refractivity contribution in [2.45, 2.75) is 63.3 Å². The van der Waals surface area contributed by atoms with E-state index in [1.165, 1.54) is 0 Å².